The Morgan fingerprint density at radius 3 is 2.62 bits per heavy atom. The van der Waals surface area contributed by atoms with Crippen LogP contribution in [0.25, 0.3) is 0 Å². The molecule has 0 spiro atoms. The van der Waals surface area contributed by atoms with E-state index in [0.717, 1.165) is 19.4 Å². The topological polar surface area (TPSA) is 62.3 Å². The van der Waals surface area contributed by atoms with Crippen LogP contribution in [0, 0.1) is 5.92 Å². The molecule has 21 heavy (non-hydrogen) atoms. The van der Waals surface area contributed by atoms with Gasteiger partial charge in [-0.25, -0.2) is 17.7 Å². The predicted octanol–water partition coefficient (Wildman–Crippen LogP) is 3.22. The lowest BCUT2D eigenvalue weighted by molar-refractivity contribution is 0.428. The van der Waals surface area contributed by atoms with E-state index in [-0.39, 0.29) is 4.90 Å². The number of halogens is 1. The first-order valence-electron chi connectivity index (χ1n) is 7.14. The Morgan fingerprint density at radius 2 is 2.10 bits per heavy atom. The highest BCUT2D eigenvalue weighted by Crippen LogP contribution is 2.24. The van der Waals surface area contributed by atoms with Gasteiger partial charge < -0.3 is 5.32 Å². The van der Waals surface area contributed by atoms with Crippen molar-refractivity contribution < 1.29 is 8.42 Å². The van der Waals surface area contributed by atoms with Crippen LogP contribution < -0.4 is 5.32 Å². The van der Waals surface area contributed by atoms with Gasteiger partial charge in [-0.05, 0) is 24.8 Å². The van der Waals surface area contributed by atoms with Gasteiger partial charge in [0.05, 0.1) is 5.02 Å². The zero-order chi connectivity index (χ0) is 16.0. The quantitative estimate of drug-likeness (QED) is 0.793. The maximum atomic E-state index is 12.4. The summed E-state index contributed by atoms with van der Waals surface area (Å²) in [5.41, 5.74) is 0. The summed E-state index contributed by atoms with van der Waals surface area (Å²) in [7, 11) is -1.96. The molecule has 0 aliphatic rings. The number of nitrogens with one attached hydrogen (secondary N) is 1. The van der Waals surface area contributed by atoms with Crippen molar-refractivity contribution in [3.63, 3.8) is 0 Å². The number of hydrogen-bond donors (Lipinski definition) is 1. The molecule has 0 unspecified atom stereocenters. The van der Waals surface area contributed by atoms with Gasteiger partial charge in [-0.1, -0.05) is 32.4 Å². The highest BCUT2D eigenvalue weighted by atomic mass is 35.5. The summed E-state index contributed by atoms with van der Waals surface area (Å²) in [5, 5.41) is 3.38. The van der Waals surface area contributed by atoms with E-state index in [2.05, 4.69) is 24.1 Å². The van der Waals surface area contributed by atoms with E-state index in [4.69, 9.17) is 11.6 Å². The fourth-order valence-corrected chi connectivity index (χ4v) is 3.13. The summed E-state index contributed by atoms with van der Waals surface area (Å²) in [4.78, 5) is 4.24. The number of sulfonamides is 1. The molecule has 1 heterocycles. The van der Waals surface area contributed by atoms with Crippen molar-refractivity contribution >= 4 is 27.4 Å². The molecule has 0 aromatic carbocycles. The lowest BCUT2D eigenvalue weighted by Crippen LogP contribution is -2.28. The van der Waals surface area contributed by atoms with Crippen molar-refractivity contribution in [2.75, 3.05) is 25.5 Å². The third kappa shape index (κ3) is 5.13. The first-order valence-corrected chi connectivity index (χ1v) is 8.96. The van der Waals surface area contributed by atoms with Gasteiger partial charge in [-0.15, -0.1) is 0 Å². The van der Waals surface area contributed by atoms with E-state index < -0.39 is 10.0 Å². The van der Waals surface area contributed by atoms with E-state index in [1.54, 1.807) is 7.05 Å². The van der Waals surface area contributed by atoms with Gasteiger partial charge in [0.2, 0.25) is 10.0 Å². The zero-order valence-corrected chi connectivity index (χ0v) is 14.6. The standard InChI is InChI=1S/C14H24ClN3O2S/c1-5-7-16-14-13(15)9-12(10-17-14)21(19,20)18(4)8-6-11(2)3/h9-11H,5-8H2,1-4H3,(H,16,17). The smallest absolute Gasteiger partial charge is 0.244 e. The van der Waals surface area contributed by atoms with Crippen LogP contribution in [0.3, 0.4) is 0 Å². The van der Waals surface area contributed by atoms with Gasteiger partial charge in [-0.2, -0.15) is 0 Å². The summed E-state index contributed by atoms with van der Waals surface area (Å²) in [6.07, 6.45) is 3.11. The fraction of sp³-hybridized carbons (Fsp3) is 0.643. The van der Waals surface area contributed by atoms with Crippen LogP contribution in [0.4, 0.5) is 5.82 Å². The van der Waals surface area contributed by atoms with Crippen LogP contribution in [0.2, 0.25) is 5.02 Å². The van der Waals surface area contributed by atoms with Crippen molar-refractivity contribution in [3.8, 4) is 0 Å². The summed E-state index contributed by atoms with van der Waals surface area (Å²) < 4.78 is 26.2. The molecule has 7 heteroatoms. The summed E-state index contributed by atoms with van der Waals surface area (Å²) >= 11 is 6.10. The average Bonchev–Trinajstić information content (AvgIpc) is 2.43. The fourth-order valence-electron chi connectivity index (χ4n) is 1.68. The molecule has 1 N–H and O–H groups in total. The zero-order valence-electron chi connectivity index (χ0n) is 13.1. The first kappa shape index (κ1) is 18.2. The molecule has 0 saturated heterocycles. The monoisotopic (exact) mass is 333 g/mol. The average molecular weight is 334 g/mol. The number of rotatable bonds is 8. The minimum Gasteiger partial charge on any atom is -0.369 e. The number of aromatic nitrogens is 1. The Kier molecular flexibility index (Phi) is 6.90. The van der Waals surface area contributed by atoms with Gasteiger partial charge >= 0.3 is 0 Å². The molecule has 0 radical (unpaired) electrons. The van der Waals surface area contributed by atoms with Gasteiger partial charge in [0.15, 0.2) is 0 Å². The molecule has 0 saturated carbocycles. The second-order valence-electron chi connectivity index (χ2n) is 5.44. The Hall–Kier alpha value is -0.850. The largest absolute Gasteiger partial charge is 0.369 e. The third-order valence-electron chi connectivity index (χ3n) is 3.09. The molecular formula is C14H24ClN3O2S. The molecule has 1 aromatic rings. The molecule has 0 aliphatic carbocycles. The normalized spacial score (nSPS) is 12.1. The molecule has 5 nitrogen and oxygen atoms in total. The van der Waals surface area contributed by atoms with Gasteiger partial charge in [0.1, 0.15) is 10.7 Å². The molecule has 0 amide bonds. The molecule has 120 valence electrons. The van der Waals surface area contributed by atoms with Crippen LogP contribution >= 0.6 is 11.6 Å². The molecule has 0 fully saturated rings. The first-order chi connectivity index (χ1) is 9.78. The Morgan fingerprint density at radius 1 is 1.43 bits per heavy atom. The van der Waals surface area contributed by atoms with E-state index in [0.29, 0.717) is 23.3 Å². The van der Waals surface area contributed by atoms with Crippen LogP contribution in [-0.4, -0.2) is 37.8 Å². The van der Waals surface area contributed by atoms with Crippen molar-refractivity contribution in [1.82, 2.24) is 9.29 Å². The summed E-state index contributed by atoms with van der Waals surface area (Å²) in [6.45, 7) is 7.38. The highest BCUT2D eigenvalue weighted by molar-refractivity contribution is 7.89. The maximum absolute atomic E-state index is 12.4. The van der Waals surface area contributed by atoms with E-state index in [9.17, 15) is 8.42 Å². The Labute approximate surface area is 132 Å². The second kappa shape index (κ2) is 7.96. The predicted molar refractivity (Wildman–Crippen MR) is 87.3 cm³/mol. The van der Waals surface area contributed by atoms with Gasteiger partial charge in [0, 0.05) is 26.3 Å². The van der Waals surface area contributed by atoms with E-state index in [1.165, 1.54) is 16.6 Å². The second-order valence-corrected chi connectivity index (χ2v) is 7.89. The molecule has 1 aromatic heterocycles. The van der Waals surface area contributed by atoms with Crippen molar-refractivity contribution in [2.24, 2.45) is 5.92 Å². The Bertz CT molecular complexity index is 561. The molecule has 0 bridgehead atoms. The van der Waals surface area contributed by atoms with E-state index >= 15 is 0 Å². The maximum Gasteiger partial charge on any atom is 0.244 e. The molecular weight excluding hydrogens is 310 g/mol. The van der Waals surface area contributed by atoms with Crippen molar-refractivity contribution in [1.29, 1.82) is 0 Å². The SMILES string of the molecule is CCCNc1ncc(S(=O)(=O)N(C)CCC(C)C)cc1Cl. The van der Waals surface area contributed by atoms with Crippen molar-refractivity contribution in [3.05, 3.63) is 17.3 Å². The third-order valence-corrected chi connectivity index (χ3v) is 5.20. The van der Waals surface area contributed by atoms with Crippen LogP contribution in [0.5, 0.6) is 0 Å². The van der Waals surface area contributed by atoms with Crippen molar-refractivity contribution in [2.45, 2.75) is 38.5 Å². The number of hydrogen-bond acceptors (Lipinski definition) is 4. The summed E-state index contributed by atoms with van der Waals surface area (Å²) in [6, 6.07) is 1.45. The minimum atomic E-state index is -3.54. The molecule has 0 atom stereocenters. The lowest BCUT2D eigenvalue weighted by atomic mass is 10.1. The van der Waals surface area contributed by atoms with Crippen LogP contribution in [-0.2, 0) is 10.0 Å². The molecule has 0 aliphatic heterocycles. The highest BCUT2D eigenvalue weighted by Gasteiger charge is 2.22. The van der Waals surface area contributed by atoms with Crippen LogP contribution in [0.15, 0.2) is 17.2 Å². The molecule has 1 rings (SSSR count). The number of nitrogens with zero attached hydrogens (tertiary/aromatic N) is 2. The Balaban J connectivity index is 2.91. The summed E-state index contributed by atoms with van der Waals surface area (Å²) in [5.74, 6) is 0.965. The number of pyridine rings is 1. The minimum absolute atomic E-state index is 0.126. The van der Waals surface area contributed by atoms with Crippen LogP contribution in [0.1, 0.15) is 33.6 Å². The van der Waals surface area contributed by atoms with Gasteiger partial charge in [0.25, 0.3) is 0 Å². The lowest BCUT2D eigenvalue weighted by Gasteiger charge is -2.18. The number of anilines is 1. The van der Waals surface area contributed by atoms with Gasteiger partial charge in [-0.3, -0.25) is 0 Å². The van der Waals surface area contributed by atoms with E-state index in [1.807, 2.05) is 6.92 Å².